The number of nitrogens with one attached hydrogen (secondary N) is 2. The molecule has 33 heavy (non-hydrogen) atoms. The predicted octanol–water partition coefficient (Wildman–Crippen LogP) is 5.12. The van der Waals surface area contributed by atoms with E-state index in [0.717, 1.165) is 48.6 Å². The van der Waals surface area contributed by atoms with Crippen molar-refractivity contribution in [1.82, 2.24) is 10.2 Å². The van der Waals surface area contributed by atoms with Crippen LogP contribution in [0.3, 0.4) is 0 Å². The molecule has 0 atom stereocenters. The second-order valence-corrected chi connectivity index (χ2v) is 8.75. The van der Waals surface area contributed by atoms with Crippen molar-refractivity contribution in [3.8, 4) is 0 Å². The minimum Gasteiger partial charge on any atom is -0.348 e. The minimum atomic E-state index is -0.204. The molecule has 5 nitrogen and oxygen atoms in total. The molecule has 1 saturated heterocycles. The highest BCUT2D eigenvalue weighted by atomic mass is 35.5. The van der Waals surface area contributed by atoms with Gasteiger partial charge in [0, 0.05) is 24.0 Å². The molecule has 3 aromatic carbocycles. The molecule has 4 rings (SSSR count). The first-order valence-corrected chi connectivity index (χ1v) is 11.7. The van der Waals surface area contributed by atoms with Gasteiger partial charge in [-0.25, -0.2) is 0 Å². The number of hydrogen-bond donors (Lipinski definition) is 2. The number of likely N-dealkylation sites (tertiary alicyclic amines) is 1. The Morgan fingerprint density at radius 1 is 0.879 bits per heavy atom. The summed E-state index contributed by atoms with van der Waals surface area (Å²) in [5.41, 5.74) is 3.15. The molecule has 2 amide bonds. The third-order valence-electron chi connectivity index (χ3n) is 6.04. The van der Waals surface area contributed by atoms with Crippen molar-refractivity contribution >= 4 is 29.1 Å². The number of benzene rings is 3. The highest BCUT2D eigenvalue weighted by Crippen LogP contribution is 2.24. The van der Waals surface area contributed by atoms with Crippen molar-refractivity contribution in [3.05, 3.63) is 101 Å². The fraction of sp³-hybridized carbons (Fsp3) is 0.259. The number of piperidine rings is 1. The molecule has 0 aliphatic carbocycles. The quantitative estimate of drug-likeness (QED) is 0.513. The van der Waals surface area contributed by atoms with Gasteiger partial charge in [-0.3, -0.25) is 14.5 Å². The van der Waals surface area contributed by atoms with E-state index in [2.05, 4.69) is 15.5 Å². The van der Waals surface area contributed by atoms with E-state index in [9.17, 15) is 9.59 Å². The number of nitrogens with zero attached hydrogens (tertiary/aromatic N) is 1. The van der Waals surface area contributed by atoms with Crippen LogP contribution in [0.5, 0.6) is 0 Å². The molecule has 1 aliphatic heterocycles. The Hall–Kier alpha value is -3.15. The summed E-state index contributed by atoms with van der Waals surface area (Å²) in [5, 5.41) is 6.71. The number of carbonyl (C=O) groups is 2. The molecule has 2 N–H and O–H groups in total. The number of rotatable bonds is 7. The summed E-state index contributed by atoms with van der Waals surface area (Å²) < 4.78 is 0. The second kappa shape index (κ2) is 11.1. The monoisotopic (exact) mass is 461 g/mol. The van der Waals surface area contributed by atoms with Crippen LogP contribution in [0.4, 0.5) is 5.69 Å². The topological polar surface area (TPSA) is 61.4 Å². The van der Waals surface area contributed by atoms with Gasteiger partial charge >= 0.3 is 0 Å². The number of anilines is 1. The van der Waals surface area contributed by atoms with Crippen LogP contribution in [0.15, 0.2) is 78.9 Å². The van der Waals surface area contributed by atoms with Crippen molar-refractivity contribution in [2.24, 2.45) is 5.92 Å². The van der Waals surface area contributed by atoms with Crippen LogP contribution in [0.2, 0.25) is 5.02 Å². The zero-order valence-corrected chi connectivity index (χ0v) is 19.2. The van der Waals surface area contributed by atoms with E-state index in [-0.39, 0.29) is 17.7 Å². The van der Waals surface area contributed by atoms with Gasteiger partial charge in [0.25, 0.3) is 5.91 Å². The third-order valence-corrected chi connectivity index (χ3v) is 6.40. The van der Waals surface area contributed by atoms with Crippen molar-refractivity contribution in [2.75, 3.05) is 18.4 Å². The van der Waals surface area contributed by atoms with Crippen molar-refractivity contribution in [2.45, 2.75) is 25.9 Å². The van der Waals surface area contributed by atoms with Gasteiger partial charge in [0.2, 0.25) is 5.91 Å². The number of amides is 2. The maximum Gasteiger partial charge on any atom is 0.253 e. The highest BCUT2D eigenvalue weighted by Gasteiger charge is 2.26. The largest absolute Gasteiger partial charge is 0.348 e. The summed E-state index contributed by atoms with van der Waals surface area (Å²) in [6.45, 7) is 2.90. The number of hydrogen-bond acceptors (Lipinski definition) is 3. The van der Waals surface area contributed by atoms with Crippen molar-refractivity contribution < 1.29 is 9.59 Å². The Morgan fingerprint density at radius 3 is 2.30 bits per heavy atom. The van der Waals surface area contributed by atoms with E-state index in [0.29, 0.717) is 17.8 Å². The number of halogens is 1. The number of para-hydroxylation sites is 1. The fourth-order valence-electron chi connectivity index (χ4n) is 4.12. The fourth-order valence-corrected chi connectivity index (χ4v) is 4.31. The first-order chi connectivity index (χ1) is 16.1. The molecule has 3 aromatic rings. The molecule has 0 unspecified atom stereocenters. The average molecular weight is 462 g/mol. The molecular formula is C27H28ClN3O2. The van der Waals surface area contributed by atoms with E-state index in [1.165, 1.54) is 0 Å². The molecule has 0 bridgehead atoms. The molecule has 170 valence electrons. The van der Waals surface area contributed by atoms with Gasteiger partial charge in [0.1, 0.15) is 0 Å². The van der Waals surface area contributed by atoms with Gasteiger partial charge < -0.3 is 10.6 Å². The standard InChI is InChI=1S/C27H28ClN3O2/c28-24-12-6-4-10-22(24)19-31-16-14-21(15-17-31)26(32)30-25-13-7-5-11-23(25)27(33)29-18-20-8-2-1-3-9-20/h1-13,21H,14-19H2,(H,29,33)(H,30,32). The molecule has 0 spiro atoms. The van der Waals surface area contributed by atoms with Gasteiger partial charge in [-0.2, -0.15) is 0 Å². The first-order valence-electron chi connectivity index (χ1n) is 11.3. The van der Waals surface area contributed by atoms with Crippen LogP contribution in [0.1, 0.15) is 34.3 Å². The number of carbonyl (C=O) groups excluding carboxylic acids is 2. The lowest BCUT2D eigenvalue weighted by Gasteiger charge is -2.31. The van der Waals surface area contributed by atoms with Crippen LogP contribution in [-0.4, -0.2) is 29.8 Å². The molecule has 0 aromatic heterocycles. The zero-order valence-electron chi connectivity index (χ0n) is 18.5. The lowest BCUT2D eigenvalue weighted by molar-refractivity contribution is -0.121. The van der Waals surface area contributed by atoms with Gasteiger partial charge in [-0.05, 0) is 55.3 Å². The Balaban J connectivity index is 1.32. The first kappa shape index (κ1) is 23.0. The van der Waals surface area contributed by atoms with Gasteiger partial charge in [0.15, 0.2) is 0 Å². The molecule has 1 fully saturated rings. The normalized spacial score (nSPS) is 14.6. The van der Waals surface area contributed by atoms with E-state index < -0.39 is 0 Å². The summed E-state index contributed by atoms with van der Waals surface area (Å²) in [6.07, 6.45) is 1.55. The van der Waals surface area contributed by atoms with Gasteiger partial charge in [-0.15, -0.1) is 0 Å². The summed E-state index contributed by atoms with van der Waals surface area (Å²) in [7, 11) is 0. The summed E-state index contributed by atoms with van der Waals surface area (Å²) in [4.78, 5) is 28.0. The van der Waals surface area contributed by atoms with E-state index >= 15 is 0 Å². The smallest absolute Gasteiger partial charge is 0.253 e. The second-order valence-electron chi connectivity index (χ2n) is 8.34. The van der Waals surface area contributed by atoms with Crippen LogP contribution in [0.25, 0.3) is 0 Å². The maximum atomic E-state index is 13.0. The van der Waals surface area contributed by atoms with Crippen molar-refractivity contribution in [1.29, 1.82) is 0 Å². The van der Waals surface area contributed by atoms with Gasteiger partial charge in [-0.1, -0.05) is 72.3 Å². The Bertz CT molecular complexity index is 1100. The van der Waals surface area contributed by atoms with Crippen LogP contribution in [-0.2, 0) is 17.9 Å². The predicted molar refractivity (Wildman–Crippen MR) is 132 cm³/mol. The van der Waals surface area contributed by atoms with Crippen LogP contribution >= 0.6 is 11.6 Å². The molecule has 0 saturated carbocycles. The summed E-state index contributed by atoms with van der Waals surface area (Å²) >= 11 is 6.29. The molecule has 0 radical (unpaired) electrons. The third kappa shape index (κ3) is 6.21. The molecular weight excluding hydrogens is 434 g/mol. The zero-order chi connectivity index (χ0) is 23.0. The lowest BCUT2D eigenvalue weighted by Crippen LogP contribution is -2.38. The Kier molecular flexibility index (Phi) is 7.76. The molecule has 1 aliphatic rings. The van der Waals surface area contributed by atoms with Crippen LogP contribution in [0, 0.1) is 5.92 Å². The average Bonchev–Trinajstić information content (AvgIpc) is 2.85. The summed E-state index contributed by atoms with van der Waals surface area (Å²) in [6, 6.07) is 24.8. The van der Waals surface area contributed by atoms with E-state index in [1.807, 2.05) is 60.7 Å². The Labute approximate surface area is 199 Å². The molecule has 6 heteroatoms. The van der Waals surface area contributed by atoms with Gasteiger partial charge in [0.05, 0.1) is 11.3 Å². The summed E-state index contributed by atoms with van der Waals surface area (Å²) in [5.74, 6) is -0.312. The maximum absolute atomic E-state index is 13.0. The Morgan fingerprint density at radius 2 is 1.55 bits per heavy atom. The minimum absolute atomic E-state index is 0.0318. The highest BCUT2D eigenvalue weighted by molar-refractivity contribution is 6.31. The SMILES string of the molecule is O=C(NCc1ccccc1)c1ccccc1NC(=O)C1CCN(Cc2ccccc2Cl)CC1. The van der Waals surface area contributed by atoms with E-state index in [4.69, 9.17) is 11.6 Å². The van der Waals surface area contributed by atoms with E-state index in [1.54, 1.807) is 18.2 Å². The van der Waals surface area contributed by atoms with Crippen molar-refractivity contribution in [3.63, 3.8) is 0 Å². The van der Waals surface area contributed by atoms with Crippen LogP contribution < -0.4 is 10.6 Å². The molecule has 1 heterocycles. The lowest BCUT2D eigenvalue weighted by atomic mass is 9.95.